The molecule has 0 aliphatic carbocycles. The molecule has 1 saturated heterocycles. The van der Waals surface area contributed by atoms with Crippen molar-refractivity contribution < 1.29 is 13.9 Å². The first-order chi connectivity index (χ1) is 13.2. The molecule has 8 heteroatoms. The zero-order valence-corrected chi connectivity index (χ0v) is 16.6. The topological polar surface area (TPSA) is 84.0 Å². The average molecular weight is 385 g/mol. The van der Waals surface area contributed by atoms with Crippen molar-refractivity contribution in [3.05, 3.63) is 35.4 Å². The first-order valence-electron chi connectivity index (χ1n) is 9.29. The summed E-state index contributed by atoms with van der Waals surface area (Å²) < 4.78 is 21.7. The molecule has 1 amide bonds. The van der Waals surface area contributed by atoms with Crippen LogP contribution in [0.3, 0.4) is 0 Å². The summed E-state index contributed by atoms with van der Waals surface area (Å²) >= 11 is 0. The predicted octanol–water partition coefficient (Wildman–Crippen LogP) is 3.84. The summed E-state index contributed by atoms with van der Waals surface area (Å²) in [6.07, 6.45) is 1.03. The molecule has 28 heavy (non-hydrogen) atoms. The standard InChI is InChI=1S/C20H24FN5O2/c1-13-23-18(16-6-5-14(12-22)11-17(16)21)26(24-13)15-7-9-25(10-8-15)19(27)28-20(2,3)4/h5-6,11,15H,7-10H2,1-4H3. The normalized spacial score (nSPS) is 15.4. The van der Waals surface area contributed by atoms with E-state index in [1.807, 2.05) is 26.8 Å². The van der Waals surface area contributed by atoms with Gasteiger partial charge in [-0.05, 0) is 58.7 Å². The van der Waals surface area contributed by atoms with Crippen LogP contribution in [-0.2, 0) is 4.74 Å². The lowest BCUT2D eigenvalue weighted by molar-refractivity contribution is 0.0185. The van der Waals surface area contributed by atoms with Gasteiger partial charge in [0.25, 0.3) is 0 Å². The Kier molecular flexibility index (Phi) is 5.36. The molecule has 0 N–H and O–H groups in total. The highest BCUT2D eigenvalue weighted by Gasteiger charge is 2.29. The number of likely N-dealkylation sites (tertiary alicyclic amines) is 1. The molecule has 1 fully saturated rings. The van der Waals surface area contributed by atoms with Crippen molar-refractivity contribution in [3.8, 4) is 17.5 Å². The van der Waals surface area contributed by atoms with Crippen molar-refractivity contribution in [2.75, 3.05) is 13.1 Å². The van der Waals surface area contributed by atoms with E-state index in [1.165, 1.54) is 6.07 Å². The molecule has 0 radical (unpaired) electrons. The van der Waals surface area contributed by atoms with E-state index in [0.717, 1.165) is 0 Å². The number of ether oxygens (including phenoxy) is 1. The van der Waals surface area contributed by atoms with Crippen LogP contribution < -0.4 is 0 Å². The molecule has 2 aromatic rings. The number of benzene rings is 1. The maximum absolute atomic E-state index is 14.5. The number of hydrogen-bond acceptors (Lipinski definition) is 5. The third-order valence-corrected chi connectivity index (χ3v) is 4.54. The van der Waals surface area contributed by atoms with Gasteiger partial charge in [-0.15, -0.1) is 0 Å². The Morgan fingerprint density at radius 2 is 2.00 bits per heavy atom. The molecule has 0 unspecified atom stereocenters. The minimum atomic E-state index is -0.531. The third-order valence-electron chi connectivity index (χ3n) is 4.54. The predicted molar refractivity (Wildman–Crippen MR) is 101 cm³/mol. The van der Waals surface area contributed by atoms with Crippen molar-refractivity contribution >= 4 is 6.09 Å². The Bertz CT molecular complexity index is 918. The van der Waals surface area contributed by atoms with Gasteiger partial charge in [0.2, 0.25) is 0 Å². The zero-order valence-electron chi connectivity index (χ0n) is 16.6. The van der Waals surface area contributed by atoms with Crippen LogP contribution in [0.2, 0.25) is 0 Å². The molecule has 0 atom stereocenters. The molecular formula is C20H24FN5O2. The van der Waals surface area contributed by atoms with E-state index in [1.54, 1.807) is 28.6 Å². The number of aromatic nitrogens is 3. The average Bonchev–Trinajstić information content (AvgIpc) is 3.01. The summed E-state index contributed by atoms with van der Waals surface area (Å²) in [5.74, 6) is 0.488. The minimum absolute atomic E-state index is 0.00456. The molecular weight excluding hydrogens is 361 g/mol. The largest absolute Gasteiger partial charge is 0.444 e. The smallest absolute Gasteiger partial charge is 0.410 e. The fraction of sp³-hybridized carbons (Fsp3) is 0.500. The number of halogens is 1. The number of piperidine rings is 1. The van der Waals surface area contributed by atoms with Gasteiger partial charge in [-0.2, -0.15) is 10.4 Å². The van der Waals surface area contributed by atoms with E-state index < -0.39 is 11.4 Å². The van der Waals surface area contributed by atoms with Crippen LogP contribution in [0.4, 0.5) is 9.18 Å². The monoisotopic (exact) mass is 385 g/mol. The second kappa shape index (κ2) is 7.58. The Morgan fingerprint density at radius 1 is 1.32 bits per heavy atom. The highest BCUT2D eigenvalue weighted by atomic mass is 19.1. The Hall–Kier alpha value is -2.95. The third kappa shape index (κ3) is 4.30. The van der Waals surface area contributed by atoms with E-state index in [0.29, 0.717) is 43.1 Å². The van der Waals surface area contributed by atoms with Crippen LogP contribution in [0.5, 0.6) is 0 Å². The summed E-state index contributed by atoms with van der Waals surface area (Å²) in [6.45, 7) is 8.36. The second-order valence-corrected chi connectivity index (χ2v) is 7.93. The number of carbonyl (C=O) groups excluding carboxylic acids is 1. The van der Waals surface area contributed by atoms with Crippen LogP contribution in [0.1, 0.15) is 51.0 Å². The summed E-state index contributed by atoms with van der Waals surface area (Å²) in [4.78, 5) is 18.3. The zero-order chi connectivity index (χ0) is 20.5. The van der Waals surface area contributed by atoms with Crippen molar-refractivity contribution in [1.29, 1.82) is 5.26 Å². The lowest BCUT2D eigenvalue weighted by Crippen LogP contribution is -2.42. The van der Waals surface area contributed by atoms with Crippen molar-refractivity contribution in [2.24, 2.45) is 0 Å². The maximum Gasteiger partial charge on any atom is 0.410 e. The molecule has 0 saturated carbocycles. The van der Waals surface area contributed by atoms with Gasteiger partial charge in [0.1, 0.15) is 17.2 Å². The van der Waals surface area contributed by atoms with Gasteiger partial charge in [0.05, 0.1) is 23.2 Å². The molecule has 1 aromatic carbocycles. The van der Waals surface area contributed by atoms with Gasteiger partial charge >= 0.3 is 6.09 Å². The van der Waals surface area contributed by atoms with Crippen molar-refractivity contribution in [3.63, 3.8) is 0 Å². The van der Waals surface area contributed by atoms with Gasteiger partial charge in [0, 0.05) is 13.1 Å². The van der Waals surface area contributed by atoms with E-state index >= 15 is 0 Å². The van der Waals surface area contributed by atoms with Crippen LogP contribution in [-0.4, -0.2) is 44.4 Å². The number of aryl methyl sites for hydroxylation is 1. The fourth-order valence-corrected chi connectivity index (χ4v) is 3.25. The Balaban J connectivity index is 1.78. The minimum Gasteiger partial charge on any atom is -0.444 e. The van der Waals surface area contributed by atoms with Crippen molar-refractivity contribution in [2.45, 2.75) is 52.2 Å². The summed E-state index contributed by atoms with van der Waals surface area (Å²) in [7, 11) is 0. The first-order valence-corrected chi connectivity index (χ1v) is 9.29. The maximum atomic E-state index is 14.5. The first kappa shape index (κ1) is 19.8. The van der Waals surface area contributed by atoms with E-state index in [-0.39, 0.29) is 17.7 Å². The molecule has 3 rings (SSSR count). The number of nitriles is 1. The van der Waals surface area contributed by atoms with E-state index in [9.17, 15) is 9.18 Å². The molecule has 1 aromatic heterocycles. The van der Waals surface area contributed by atoms with E-state index in [4.69, 9.17) is 10.00 Å². The van der Waals surface area contributed by atoms with Crippen LogP contribution >= 0.6 is 0 Å². The lowest BCUT2D eigenvalue weighted by atomic mass is 10.0. The van der Waals surface area contributed by atoms with Crippen LogP contribution in [0, 0.1) is 24.1 Å². The van der Waals surface area contributed by atoms with E-state index in [2.05, 4.69) is 10.1 Å². The van der Waals surface area contributed by atoms with Crippen LogP contribution in [0.25, 0.3) is 11.4 Å². The molecule has 1 aliphatic heterocycles. The molecule has 0 bridgehead atoms. The van der Waals surface area contributed by atoms with Gasteiger partial charge in [0.15, 0.2) is 5.82 Å². The lowest BCUT2D eigenvalue weighted by Gasteiger charge is -2.33. The molecule has 148 valence electrons. The summed E-state index contributed by atoms with van der Waals surface area (Å²) in [5.41, 5.74) is 0.0425. The number of carbonyl (C=O) groups is 1. The van der Waals surface area contributed by atoms with Gasteiger partial charge in [-0.25, -0.2) is 18.9 Å². The van der Waals surface area contributed by atoms with Gasteiger partial charge in [-0.3, -0.25) is 0 Å². The molecule has 1 aliphatic rings. The summed E-state index contributed by atoms with van der Waals surface area (Å²) in [6, 6.07) is 6.26. The highest BCUT2D eigenvalue weighted by Crippen LogP contribution is 2.30. The number of amides is 1. The Morgan fingerprint density at radius 3 is 2.57 bits per heavy atom. The summed E-state index contributed by atoms with van der Waals surface area (Å²) in [5, 5.41) is 13.4. The van der Waals surface area contributed by atoms with Crippen LogP contribution in [0.15, 0.2) is 18.2 Å². The highest BCUT2D eigenvalue weighted by molar-refractivity contribution is 5.68. The number of nitrogens with zero attached hydrogens (tertiary/aromatic N) is 5. The Labute approximate surface area is 163 Å². The van der Waals surface area contributed by atoms with Crippen molar-refractivity contribution in [1.82, 2.24) is 19.7 Å². The SMILES string of the molecule is Cc1nc(-c2ccc(C#N)cc2F)n(C2CCN(C(=O)OC(C)(C)C)CC2)n1. The quantitative estimate of drug-likeness (QED) is 0.784. The second-order valence-electron chi connectivity index (χ2n) is 7.93. The van der Waals surface area contributed by atoms with Gasteiger partial charge < -0.3 is 9.64 Å². The molecule has 2 heterocycles. The van der Waals surface area contributed by atoms with Gasteiger partial charge in [-0.1, -0.05) is 0 Å². The number of hydrogen-bond donors (Lipinski definition) is 0. The molecule has 7 nitrogen and oxygen atoms in total. The fourth-order valence-electron chi connectivity index (χ4n) is 3.25. The number of rotatable bonds is 2. The molecule has 0 spiro atoms.